The molecule has 0 aliphatic rings. The lowest BCUT2D eigenvalue weighted by Gasteiger charge is -2.12. The van der Waals surface area contributed by atoms with Gasteiger partial charge in [0.1, 0.15) is 11.6 Å². The fourth-order valence-corrected chi connectivity index (χ4v) is 1.94. The van der Waals surface area contributed by atoms with Crippen LogP contribution < -0.4 is 20.9 Å². The molecule has 138 valence electrons. The quantitative estimate of drug-likeness (QED) is 0.262. The molecule has 0 aromatic heterocycles. The number of methoxy groups -OCH3 is 1. The van der Waals surface area contributed by atoms with E-state index in [1.807, 2.05) is 0 Å². The van der Waals surface area contributed by atoms with Crippen LogP contribution in [-0.2, 0) is 14.3 Å². The molecule has 1 rings (SSSR count). The molecule has 0 saturated carbocycles. The summed E-state index contributed by atoms with van der Waals surface area (Å²) < 4.78 is 22.6. The maximum atomic E-state index is 13.0. The molecule has 0 bridgehead atoms. The zero-order chi connectivity index (χ0) is 18.5. The molecule has 0 atom stereocenters. The van der Waals surface area contributed by atoms with Crippen LogP contribution in [-0.4, -0.2) is 37.3 Å². The lowest BCUT2D eigenvalue weighted by molar-refractivity contribution is -0.140. The lowest BCUT2D eigenvalue weighted by atomic mass is 10.2. The summed E-state index contributed by atoms with van der Waals surface area (Å²) in [4.78, 5) is 22.5. The highest BCUT2D eigenvalue weighted by atomic mass is 32.1. The van der Waals surface area contributed by atoms with E-state index in [4.69, 9.17) is 17.0 Å². The predicted molar refractivity (Wildman–Crippen MR) is 94.3 cm³/mol. The predicted octanol–water partition coefficient (Wildman–Crippen LogP) is 1.43. The van der Waals surface area contributed by atoms with E-state index in [1.165, 1.54) is 25.3 Å². The molecule has 0 heterocycles. The van der Waals surface area contributed by atoms with Crippen molar-refractivity contribution in [2.75, 3.05) is 20.3 Å². The van der Waals surface area contributed by atoms with Crippen LogP contribution in [0.4, 0.5) is 4.39 Å². The number of hydrogen-bond acceptors (Lipinski definition) is 5. The van der Waals surface area contributed by atoms with Gasteiger partial charge in [0.05, 0.1) is 7.11 Å². The van der Waals surface area contributed by atoms with Gasteiger partial charge in [-0.1, -0.05) is 12.5 Å². The number of benzene rings is 1. The largest absolute Gasteiger partial charge is 0.484 e. The van der Waals surface area contributed by atoms with E-state index in [9.17, 15) is 14.0 Å². The summed E-state index contributed by atoms with van der Waals surface area (Å²) in [5.41, 5.74) is 4.91. The molecule has 0 fully saturated rings. The molecule has 1 aromatic rings. The SMILES string of the molecule is COC(=O)CCCCCNC(=S)NNC(=O)COc1cccc(F)c1. The van der Waals surface area contributed by atoms with Gasteiger partial charge in [0.25, 0.3) is 5.91 Å². The van der Waals surface area contributed by atoms with Crippen molar-refractivity contribution < 1.29 is 23.5 Å². The van der Waals surface area contributed by atoms with Crippen LogP contribution in [0.5, 0.6) is 5.75 Å². The van der Waals surface area contributed by atoms with E-state index >= 15 is 0 Å². The Hall–Kier alpha value is -2.42. The summed E-state index contributed by atoms with van der Waals surface area (Å²) in [7, 11) is 1.37. The third-order valence-electron chi connectivity index (χ3n) is 3.05. The lowest BCUT2D eigenvalue weighted by Crippen LogP contribution is -2.48. The maximum absolute atomic E-state index is 13.0. The average molecular weight is 371 g/mol. The zero-order valence-corrected chi connectivity index (χ0v) is 14.8. The maximum Gasteiger partial charge on any atom is 0.305 e. The van der Waals surface area contributed by atoms with Gasteiger partial charge < -0.3 is 14.8 Å². The first-order valence-electron chi connectivity index (χ1n) is 7.79. The van der Waals surface area contributed by atoms with E-state index in [2.05, 4.69) is 20.9 Å². The Bertz CT molecular complexity index is 586. The molecule has 1 aromatic carbocycles. The molecule has 0 radical (unpaired) electrons. The van der Waals surface area contributed by atoms with E-state index in [-0.39, 0.29) is 23.4 Å². The summed E-state index contributed by atoms with van der Waals surface area (Å²) in [5.74, 6) is -0.837. The van der Waals surface area contributed by atoms with Crippen molar-refractivity contribution in [1.82, 2.24) is 16.2 Å². The number of esters is 1. The summed E-state index contributed by atoms with van der Waals surface area (Å²) in [6.07, 6.45) is 2.84. The standard InChI is InChI=1S/C16H22FN3O4S/c1-23-15(22)8-3-2-4-9-18-16(25)20-19-14(21)11-24-13-7-5-6-12(17)10-13/h5-7,10H,2-4,8-9,11H2,1H3,(H,19,21)(H2,18,20,25). The monoisotopic (exact) mass is 371 g/mol. The van der Waals surface area contributed by atoms with Crippen LogP contribution in [0.25, 0.3) is 0 Å². The van der Waals surface area contributed by atoms with Gasteiger partial charge in [-0.3, -0.25) is 20.4 Å². The first kappa shape index (κ1) is 20.6. The average Bonchev–Trinajstić information content (AvgIpc) is 2.60. The van der Waals surface area contributed by atoms with Crippen molar-refractivity contribution >= 4 is 29.2 Å². The second kappa shape index (κ2) is 12.0. The number of amides is 1. The number of hydrogen-bond donors (Lipinski definition) is 3. The Labute approximate surface area is 151 Å². The number of unbranched alkanes of at least 4 members (excludes halogenated alkanes) is 2. The fraction of sp³-hybridized carbons (Fsp3) is 0.438. The second-order valence-electron chi connectivity index (χ2n) is 5.06. The fourth-order valence-electron chi connectivity index (χ4n) is 1.79. The minimum atomic E-state index is -0.452. The molecular formula is C16H22FN3O4S. The summed E-state index contributed by atoms with van der Waals surface area (Å²) in [5, 5.41) is 3.19. The molecule has 3 N–H and O–H groups in total. The van der Waals surface area contributed by atoms with Crippen molar-refractivity contribution in [2.45, 2.75) is 25.7 Å². The minimum absolute atomic E-state index is 0.215. The number of nitrogens with one attached hydrogen (secondary N) is 3. The first-order chi connectivity index (χ1) is 12.0. The molecular weight excluding hydrogens is 349 g/mol. The Balaban J connectivity index is 2.05. The zero-order valence-electron chi connectivity index (χ0n) is 14.0. The van der Waals surface area contributed by atoms with Gasteiger partial charge in [0.15, 0.2) is 11.7 Å². The van der Waals surface area contributed by atoms with Crippen LogP contribution in [0, 0.1) is 5.82 Å². The van der Waals surface area contributed by atoms with Gasteiger partial charge in [0, 0.05) is 19.0 Å². The highest BCUT2D eigenvalue weighted by molar-refractivity contribution is 7.80. The smallest absolute Gasteiger partial charge is 0.305 e. The molecule has 0 aliphatic carbocycles. The molecule has 7 nitrogen and oxygen atoms in total. The number of carbonyl (C=O) groups excluding carboxylic acids is 2. The third kappa shape index (κ3) is 10.1. The van der Waals surface area contributed by atoms with Gasteiger partial charge in [0.2, 0.25) is 0 Å². The van der Waals surface area contributed by atoms with Crippen molar-refractivity contribution in [3.8, 4) is 5.75 Å². The number of ether oxygens (including phenoxy) is 2. The van der Waals surface area contributed by atoms with E-state index in [1.54, 1.807) is 6.07 Å². The van der Waals surface area contributed by atoms with Gasteiger partial charge in [-0.25, -0.2) is 4.39 Å². The van der Waals surface area contributed by atoms with Crippen LogP contribution in [0.1, 0.15) is 25.7 Å². The van der Waals surface area contributed by atoms with Crippen molar-refractivity contribution in [3.63, 3.8) is 0 Å². The molecule has 0 saturated heterocycles. The summed E-state index contributed by atoms with van der Waals surface area (Å²) in [6, 6.07) is 5.52. The second-order valence-corrected chi connectivity index (χ2v) is 5.47. The topological polar surface area (TPSA) is 88.7 Å². The Morgan fingerprint density at radius 1 is 1.20 bits per heavy atom. The summed E-state index contributed by atoms with van der Waals surface area (Å²) >= 11 is 5.00. The number of halogens is 1. The van der Waals surface area contributed by atoms with E-state index in [0.29, 0.717) is 13.0 Å². The molecule has 0 aliphatic heterocycles. The highest BCUT2D eigenvalue weighted by Crippen LogP contribution is 2.11. The number of hydrazine groups is 1. The Morgan fingerprint density at radius 3 is 2.72 bits per heavy atom. The van der Waals surface area contributed by atoms with Gasteiger partial charge >= 0.3 is 5.97 Å². The van der Waals surface area contributed by atoms with E-state index < -0.39 is 11.7 Å². The number of thiocarbonyl (C=S) groups is 1. The first-order valence-corrected chi connectivity index (χ1v) is 8.20. The molecule has 1 amide bonds. The molecule has 9 heteroatoms. The molecule has 25 heavy (non-hydrogen) atoms. The Kier molecular flexibility index (Phi) is 9.91. The van der Waals surface area contributed by atoms with Gasteiger partial charge in [-0.05, 0) is 37.2 Å². The van der Waals surface area contributed by atoms with Crippen molar-refractivity contribution in [2.24, 2.45) is 0 Å². The number of rotatable bonds is 9. The normalized spacial score (nSPS) is 9.84. The third-order valence-corrected chi connectivity index (χ3v) is 3.30. The van der Waals surface area contributed by atoms with Crippen LogP contribution in [0.2, 0.25) is 0 Å². The van der Waals surface area contributed by atoms with Crippen LogP contribution in [0.15, 0.2) is 24.3 Å². The molecule has 0 unspecified atom stereocenters. The van der Waals surface area contributed by atoms with Gasteiger partial charge in [-0.15, -0.1) is 0 Å². The van der Waals surface area contributed by atoms with Crippen molar-refractivity contribution in [3.05, 3.63) is 30.1 Å². The highest BCUT2D eigenvalue weighted by Gasteiger charge is 2.04. The summed E-state index contributed by atoms with van der Waals surface area (Å²) in [6.45, 7) is 0.343. The van der Waals surface area contributed by atoms with E-state index in [0.717, 1.165) is 19.3 Å². The minimum Gasteiger partial charge on any atom is -0.484 e. The number of carbonyl (C=O) groups is 2. The van der Waals surface area contributed by atoms with Crippen molar-refractivity contribution in [1.29, 1.82) is 0 Å². The Morgan fingerprint density at radius 2 is 2.00 bits per heavy atom. The molecule has 0 spiro atoms. The van der Waals surface area contributed by atoms with Crippen LogP contribution >= 0.6 is 12.2 Å². The van der Waals surface area contributed by atoms with Gasteiger partial charge in [-0.2, -0.15) is 0 Å². The van der Waals surface area contributed by atoms with Crippen LogP contribution in [0.3, 0.4) is 0 Å².